The van der Waals surface area contributed by atoms with Gasteiger partial charge in [-0.25, -0.2) is 0 Å². The van der Waals surface area contributed by atoms with Gasteiger partial charge in [-0.2, -0.15) is 0 Å². The molecular formula is C27H31N3O6. The molecule has 0 bridgehead atoms. The highest BCUT2D eigenvalue weighted by atomic mass is 16.4. The van der Waals surface area contributed by atoms with E-state index < -0.39 is 35.5 Å². The van der Waals surface area contributed by atoms with Gasteiger partial charge >= 0.3 is 5.97 Å². The number of hydrogen-bond acceptors (Lipinski definition) is 5. The molecule has 0 fully saturated rings. The van der Waals surface area contributed by atoms with Gasteiger partial charge in [0.05, 0.1) is 0 Å². The fourth-order valence-electron chi connectivity index (χ4n) is 4.28. The molecule has 1 unspecified atom stereocenters. The topological polar surface area (TPSA) is 138 Å². The van der Waals surface area contributed by atoms with E-state index in [1.807, 2.05) is 12.1 Å². The predicted molar refractivity (Wildman–Crippen MR) is 132 cm³/mol. The van der Waals surface area contributed by atoms with Crippen LogP contribution in [0.25, 0.3) is 0 Å². The number of benzene rings is 2. The number of fused-ring (bicyclic) bond motifs is 1. The molecule has 0 saturated heterocycles. The number of carboxylic acid groups (broad SMARTS) is 1. The molecule has 0 aromatic heterocycles. The van der Waals surface area contributed by atoms with Crippen LogP contribution < -0.4 is 5.73 Å². The van der Waals surface area contributed by atoms with Crippen molar-refractivity contribution in [1.82, 2.24) is 9.80 Å². The summed E-state index contributed by atoms with van der Waals surface area (Å²) in [6.07, 6.45) is -0.405. The van der Waals surface area contributed by atoms with Gasteiger partial charge in [0.15, 0.2) is 0 Å². The molecule has 1 heterocycles. The van der Waals surface area contributed by atoms with Crippen molar-refractivity contribution in [3.05, 3.63) is 70.3 Å². The number of amides is 3. The maximum atomic E-state index is 13.0. The normalized spacial score (nSPS) is 13.8. The molecule has 36 heavy (non-hydrogen) atoms. The van der Waals surface area contributed by atoms with E-state index in [4.69, 9.17) is 10.8 Å². The summed E-state index contributed by atoms with van der Waals surface area (Å²) in [6, 6.07) is 10.9. The van der Waals surface area contributed by atoms with Crippen LogP contribution in [0, 0.1) is 0 Å². The first-order chi connectivity index (χ1) is 16.8. The molecular weight excluding hydrogens is 462 g/mol. The Bertz CT molecular complexity index is 1210. The Morgan fingerprint density at radius 3 is 2.28 bits per heavy atom. The minimum Gasteiger partial charge on any atom is -0.481 e. The van der Waals surface area contributed by atoms with Crippen molar-refractivity contribution in [3.8, 4) is 0 Å². The van der Waals surface area contributed by atoms with Crippen LogP contribution in [0.5, 0.6) is 0 Å². The number of Topliss-reactive ketones (excluding diaryl/α,β-unsaturated/α-hetero) is 1. The second-order valence-electron chi connectivity index (χ2n) is 10.0. The van der Waals surface area contributed by atoms with Crippen molar-refractivity contribution in [2.24, 2.45) is 5.73 Å². The third-order valence-electron chi connectivity index (χ3n) is 6.39. The number of aliphatic carboxylic acids is 1. The summed E-state index contributed by atoms with van der Waals surface area (Å²) >= 11 is 0. The molecule has 1 aliphatic rings. The summed E-state index contributed by atoms with van der Waals surface area (Å²) in [5.41, 5.74) is 8.35. The fraction of sp³-hybridized carbons (Fsp3) is 0.370. The standard InChI is InChI=1S/C27H31N3O6/c1-27(2,3)18-10-8-16(9-11-18)23(33)26(36)29(4)14-17-6-5-7-19-20(17)15-30(25(19)35)21(24(28)34)12-13-22(31)32/h5-11,21H,12-15H2,1-4H3,(H2,28,34)(H,31,32). The summed E-state index contributed by atoms with van der Waals surface area (Å²) in [5, 5.41) is 8.98. The molecule has 0 spiro atoms. The Kier molecular flexibility index (Phi) is 7.62. The zero-order valence-electron chi connectivity index (χ0n) is 20.9. The number of carbonyl (C=O) groups excluding carboxylic acids is 4. The quantitative estimate of drug-likeness (QED) is 0.407. The third-order valence-corrected chi connectivity index (χ3v) is 6.39. The second-order valence-corrected chi connectivity index (χ2v) is 10.0. The highest BCUT2D eigenvalue weighted by Gasteiger charge is 2.37. The van der Waals surface area contributed by atoms with Crippen molar-refractivity contribution in [3.63, 3.8) is 0 Å². The summed E-state index contributed by atoms with van der Waals surface area (Å²) in [4.78, 5) is 64.2. The molecule has 190 valence electrons. The van der Waals surface area contributed by atoms with Gasteiger partial charge in [0.25, 0.3) is 11.8 Å². The number of nitrogens with two attached hydrogens (primary N) is 1. The van der Waals surface area contributed by atoms with Crippen LogP contribution in [-0.2, 0) is 32.9 Å². The van der Waals surface area contributed by atoms with Crippen molar-refractivity contribution in [1.29, 1.82) is 0 Å². The molecule has 1 atom stereocenters. The Hall–Kier alpha value is -4.01. The summed E-state index contributed by atoms with van der Waals surface area (Å²) in [5.74, 6) is -3.62. The van der Waals surface area contributed by atoms with Crippen LogP contribution in [0.15, 0.2) is 42.5 Å². The number of likely N-dealkylation sites (N-methyl/N-ethyl adjacent to an activating group) is 1. The highest BCUT2D eigenvalue weighted by Crippen LogP contribution is 2.30. The smallest absolute Gasteiger partial charge is 0.303 e. The number of nitrogens with zero attached hydrogens (tertiary/aromatic N) is 2. The van der Waals surface area contributed by atoms with E-state index in [1.54, 1.807) is 30.3 Å². The Morgan fingerprint density at radius 2 is 1.72 bits per heavy atom. The lowest BCUT2D eigenvalue weighted by Gasteiger charge is -2.25. The maximum Gasteiger partial charge on any atom is 0.303 e. The molecule has 0 radical (unpaired) electrons. The molecule has 3 rings (SSSR count). The van der Waals surface area contributed by atoms with E-state index in [0.717, 1.165) is 5.56 Å². The van der Waals surface area contributed by atoms with Crippen LogP contribution in [0.1, 0.15) is 71.0 Å². The molecule has 2 aromatic carbocycles. The summed E-state index contributed by atoms with van der Waals surface area (Å²) < 4.78 is 0. The average Bonchev–Trinajstić information content (AvgIpc) is 3.14. The lowest BCUT2D eigenvalue weighted by molar-refractivity contribution is -0.137. The number of primary amides is 1. The molecule has 9 nitrogen and oxygen atoms in total. The molecule has 3 N–H and O–H groups in total. The van der Waals surface area contributed by atoms with Crippen LogP contribution in [0.4, 0.5) is 0 Å². The van der Waals surface area contributed by atoms with Gasteiger partial charge in [0, 0.05) is 37.7 Å². The van der Waals surface area contributed by atoms with Crippen molar-refractivity contribution in [2.75, 3.05) is 7.05 Å². The van der Waals surface area contributed by atoms with E-state index in [0.29, 0.717) is 22.3 Å². The number of carboxylic acids is 1. The first-order valence-electron chi connectivity index (χ1n) is 11.6. The first-order valence-corrected chi connectivity index (χ1v) is 11.6. The minimum atomic E-state index is -1.09. The van der Waals surface area contributed by atoms with Gasteiger partial charge in [-0.05, 0) is 34.6 Å². The molecule has 3 amide bonds. The van der Waals surface area contributed by atoms with E-state index in [1.165, 1.54) is 16.8 Å². The van der Waals surface area contributed by atoms with Gasteiger partial charge in [-0.15, -0.1) is 0 Å². The molecule has 2 aromatic rings. The highest BCUT2D eigenvalue weighted by molar-refractivity contribution is 6.42. The van der Waals surface area contributed by atoms with Gasteiger partial charge < -0.3 is 20.6 Å². The van der Waals surface area contributed by atoms with E-state index in [-0.39, 0.29) is 31.3 Å². The molecule has 0 aliphatic carbocycles. The van der Waals surface area contributed by atoms with E-state index >= 15 is 0 Å². The molecule has 9 heteroatoms. The monoisotopic (exact) mass is 493 g/mol. The maximum absolute atomic E-state index is 13.0. The number of rotatable bonds is 9. The Balaban J connectivity index is 1.77. The van der Waals surface area contributed by atoms with Crippen molar-refractivity contribution >= 4 is 29.5 Å². The van der Waals surface area contributed by atoms with Crippen molar-refractivity contribution in [2.45, 2.75) is 58.2 Å². The van der Waals surface area contributed by atoms with Crippen LogP contribution >= 0.6 is 0 Å². The van der Waals surface area contributed by atoms with Gasteiger partial charge in [-0.1, -0.05) is 57.2 Å². The van der Waals surface area contributed by atoms with Gasteiger partial charge in [0.1, 0.15) is 6.04 Å². The number of carbonyl (C=O) groups is 5. The van der Waals surface area contributed by atoms with Gasteiger partial charge in [0.2, 0.25) is 11.7 Å². The van der Waals surface area contributed by atoms with Crippen LogP contribution in [0.3, 0.4) is 0 Å². The fourth-order valence-corrected chi connectivity index (χ4v) is 4.28. The lowest BCUT2D eigenvalue weighted by Crippen LogP contribution is -2.45. The lowest BCUT2D eigenvalue weighted by atomic mass is 9.86. The average molecular weight is 494 g/mol. The molecule has 1 aliphatic heterocycles. The zero-order valence-corrected chi connectivity index (χ0v) is 20.9. The Morgan fingerprint density at radius 1 is 1.08 bits per heavy atom. The van der Waals surface area contributed by atoms with E-state index in [9.17, 15) is 24.0 Å². The summed E-state index contributed by atoms with van der Waals surface area (Å²) in [7, 11) is 1.51. The summed E-state index contributed by atoms with van der Waals surface area (Å²) in [6.45, 7) is 6.31. The number of ketones is 1. The largest absolute Gasteiger partial charge is 0.481 e. The minimum absolute atomic E-state index is 0.0573. The molecule has 0 saturated carbocycles. The SMILES string of the molecule is CN(Cc1cccc2c1CN(C(CCC(=O)O)C(N)=O)C2=O)C(=O)C(=O)c1ccc(C(C)(C)C)cc1. The second kappa shape index (κ2) is 10.3. The predicted octanol–water partition coefficient (Wildman–Crippen LogP) is 2.50. The van der Waals surface area contributed by atoms with Crippen LogP contribution in [-0.4, -0.2) is 57.5 Å². The van der Waals surface area contributed by atoms with Crippen LogP contribution in [0.2, 0.25) is 0 Å². The van der Waals surface area contributed by atoms with Gasteiger partial charge in [-0.3, -0.25) is 24.0 Å². The zero-order chi connectivity index (χ0) is 26.8. The van der Waals surface area contributed by atoms with Crippen molar-refractivity contribution < 1.29 is 29.1 Å². The number of hydrogen-bond donors (Lipinski definition) is 2. The first kappa shape index (κ1) is 26.6. The Labute approximate surface area is 209 Å². The third kappa shape index (κ3) is 5.62. The van der Waals surface area contributed by atoms with E-state index in [2.05, 4.69) is 20.8 Å².